The van der Waals surface area contributed by atoms with E-state index < -0.39 is 17.2 Å². The maximum atomic E-state index is 12.7. The Morgan fingerprint density at radius 2 is 1.68 bits per heavy atom. The quantitative estimate of drug-likeness (QED) is 0.507. The largest absolute Gasteiger partial charge is 0.505 e. The van der Waals surface area contributed by atoms with Crippen LogP contribution in [0.2, 0.25) is 0 Å². The number of carbonyl (C=O) groups is 1. The summed E-state index contributed by atoms with van der Waals surface area (Å²) in [6.45, 7) is 0. The predicted molar refractivity (Wildman–Crippen MR) is 111 cm³/mol. The van der Waals surface area contributed by atoms with E-state index in [0.29, 0.717) is 11.4 Å². The van der Waals surface area contributed by atoms with Crippen molar-refractivity contribution in [3.8, 4) is 11.4 Å². The van der Waals surface area contributed by atoms with Crippen LogP contribution in [0.5, 0.6) is 5.75 Å². The second-order valence-electron chi connectivity index (χ2n) is 6.12. The van der Waals surface area contributed by atoms with Crippen molar-refractivity contribution in [1.29, 1.82) is 0 Å². The second kappa shape index (κ2) is 7.28. The Labute approximate surface area is 168 Å². The van der Waals surface area contributed by atoms with Gasteiger partial charge in [0.2, 0.25) is 0 Å². The van der Waals surface area contributed by atoms with Crippen molar-refractivity contribution in [2.24, 2.45) is 0 Å². The van der Waals surface area contributed by atoms with Crippen LogP contribution in [-0.4, -0.2) is 20.8 Å². The maximum absolute atomic E-state index is 12.7. The Morgan fingerprint density at radius 1 is 0.964 bits per heavy atom. The molecule has 0 spiro atoms. The van der Waals surface area contributed by atoms with Crippen LogP contribution >= 0.6 is 15.9 Å². The van der Waals surface area contributed by atoms with Gasteiger partial charge < -0.3 is 10.4 Å². The fourth-order valence-corrected chi connectivity index (χ4v) is 3.10. The number of halogens is 1. The van der Waals surface area contributed by atoms with Crippen LogP contribution in [0.25, 0.3) is 16.5 Å². The average Bonchev–Trinajstić information content (AvgIpc) is 2.69. The van der Waals surface area contributed by atoms with E-state index in [1.165, 1.54) is 0 Å². The minimum Gasteiger partial charge on any atom is -0.505 e. The minimum atomic E-state index is -0.612. The van der Waals surface area contributed by atoms with Gasteiger partial charge in [0.1, 0.15) is 0 Å². The number of amides is 1. The molecule has 0 atom stereocenters. The van der Waals surface area contributed by atoms with E-state index in [-0.39, 0.29) is 5.69 Å². The van der Waals surface area contributed by atoms with Gasteiger partial charge in [0.15, 0.2) is 11.4 Å². The van der Waals surface area contributed by atoms with E-state index in [2.05, 4.69) is 26.3 Å². The van der Waals surface area contributed by atoms with Crippen LogP contribution in [0.3, 0.4) is 0 Å². The third-order valence-electron chi connectivity index (χ3n) is 4.21. The van der Waals surface area contributed by atoms with Crippen LogP contribution in [0.1, 0.15) is 10.5 Å². The van der Waals surface area contributed by atoms with Crippen molar-refractivity contribution in [3.05, 3.63) is 93.3 Å². The van der Waals surface area contributed by atoms with Crippen LogP contribution < -0.4 is 10.9 Å². The monoisotopic (exact) mass is 435 g/mol. The molecule has 0 fully saturated rings. The van der Waals surface area contributed by atoms with Crippen LogP contribution in [0, 0.1) is 0 Å². The molecule has 0 aliphatic rings. The van der Waals surface area contributed by atoms with Crippen LogP contribution in [0.4, 0.5) is 5.69 Å². The molecule has 0 bridgehead atoms. The molecule has 0 saturated heterocycles. The fourth-order valence-electron chi connectivity index (χ4n) is 2.83. The van der Waals surface area contributed by atoms with Gasteiger partial charge in [-0.05, 0) is 47.2 Å². The molecule has 6 nitrogen and oxygen atoms in total. The molecule has 28 heavy (non-hydrogen) atoms. The highest BCUT2D eigenvalue weighted by atomic mass is 79.9. The van der Waals surface area contributed by atoms with E-state index in [4.69, 9.17) is 0 Å². The van der Waals surface area contributed by atoms with Gasteiger partial charge in [-0.2, -0.15) is 9.78 Å². The summed E-state index contributed by atoms with van der Waals surface area (Å²) in [6.07, 6.45) is 0. The molecular formula is C21H14BrN3O3. The summed E-state index contributed by atoms with van der Waals surface area (Å²) in [5.41, 5.74) is 0.261. The Balaban J connectivity index is 1.69. The van der Waals surface area contributed by atoms with Crippen LogP contribution in [-0.2, 0) is 0 Å². The van der Waals surface area contributed by atoms with Crippen molar-refractivity contribution in [3.63, 3.8) is 0 Å². The SMILES string of the molecule is O=C(Nc1ccc2ccccc2c1)c1nn(-c2ccc(Br)cc2)c(=O)cc1O. The highest BCUT2D eigenvalue weighted by Crippen LogP contribution is 2.21. The fraction of sp³-hybridized carbons (Fsp3) is 0. The van der Waals surface area contributed by atoms with Crippen molar-refractivity contribution >= 4 is 38.3 Å². The first-order valence-corrected chi connectivity index (χ1v) is 9.20. The number of hydrogen-bond donors (Lipinski definition) is 2. The molecular weight excluding hydrogens is 422 g/mol. The first kappa shape index (κ1) is 17.9. The first-order chi connectivity index (χ1) is 13.5. The van der Waals surface area contributed by atoms with Gasteiger partial charge >= 0.3 is 0 Å². The number of rotatable bonds is 3. The molecule has 0 saturated carbocycles. The zero-order valence-electron chi connectivity index (χ0n) is 14.5. The Bertz CT molecular complexity index is 1250. The molecule has 4 rings (SSSR count). The van der Waals surface area contributed by atoms with E-state index in [1.807, 2.05) is 36.4 Å². The maximum Gasteiger partial charge on any atom is 0.279 e. The molecule has 1 heterocycles. The summed E-state index contributed by atoms with van der Waals surface area (Å²) in [5.74, 6) is -1.09. The lowest BCUT2D eigenvalue weighted by molar-refractivity contribution is 0.101. The minimum absolute atomic E-state index is 0.240. The summed E-state index contributed by atoms with van der Waals surface area (Å²) in [7, 11) is 0. The number of nitrogens with zero attached hydrogens (tertiary/aromatic N) is 2. The number of nitrogens with one attached hydrogen (secondary N) is 1. The topological polar surface area (TPSA) is 84.2 Å². The average molecular weight is 436 g/mol. The third-order valence-corrected chi connectivity index (χ3v) is 4.73. The predicted octanol–water partition coefficient (Wildman–Crippen LogP) is 4.11. The summed E-state index contributed by atoms with van der Waals surface area (Å²) in [4.78, 5) is 24.9. The number of anilines is 1. The molecule has 4 aromatic rings. The summed E-state index contributed by atoms with van der Waals surface area (Å²) < 4.78 is 1.92. The molecule has 1 aromatic heterocycles. The van der Waals surface area contributed by atoms with Gasteiger partial charge in [0, 0.05) is 16.2 Å². The molecule has 3 aromatic carbocycles. The highest BCUT2D eigenvalue weighted by molar-refractivity contribution is 9.10. The number of carbonyl (C=O) groups excluding carboxylic acids is 1. The van der Waals surface area contributed by atoms with Gasteiger partial charge in [0.05, 0.1) is 5.69 Å². The zero-order valence-corrected chi connectivity index (χ0v) is 16.1. The van der Waals surface area contributed by atoms with E-state index >= 15 is 0 Å². The Hall–Kier alpha value is -3.45. The van der Waals surface area contributed by atoms with Crippen molar-refractivity contribution in [2.75, 3.05) is 5.32 Å². The molecule has 2 N–H and O–H groups in total. The first-order valence-electron chi connectivity index (χ1n) is 8.41. The van der Waals surface area contributed by atoms with Crippen LogP contribution in [0.15, 0.2) is 82.1 Å². The number of fused-ring (bicyclic) bond motifs is 1. The van der Waals surface area contributed by atoms with Crippen molar-refractivity contribution < 1.29 is 9.90 Å². The van der Waals surface area contributed by atoms with Gasteiger partial charge in [-0.15, -0.1) is 0 Å². The number of hydrogen-bond acceptors (Lipinski definition) is 4. The summed E-state index contributed by atoms with van der Waals surface area (Å²) in [6, 6.07) is 21.1. The van der Waals surface area contributed by atoms with E-state index in [0.717, 1.165) is 26.0 Å². The number of aromatic nitrogens is 2. The van der Waals surface area contributed by atoms with Gasteiger partial charge in [-0.3, -0.25) is 9.59 Å². The normalized spacial score (nSPS) is 10.8. The smallest absolute Gasteiger partial charge is 0.279 e. The lowest BCUT2D eigenvalue weighted by Gasteiger charge is -2.10. The summed E-state index contributed by atoms with van der Waals surface area (Å²) >= 11 is 3.33. The van der Waals surface area contributed by atoms with Gasteiger partial charge in [-0.1, -0.05) is 46.3 Å². The molecule has 7 heteroatoms. The van der Waals surface area contributed by atoms with Crippen molar-refractivity contribution in [2.45, 2.75) is 0 Å². The van der Waals surface area contributed by atoms with Gasteiger partial charge in [0.25, 0.3) is 11.5 Å². The third kappa shape index (κ3) is 3.52. The number of benzene rings is 3. The molecule has 0 radical (unpaired) electrons. The summed E-state index contributed by atoms with van der Waals surface area (Å²) in [5, 5.41) is 18.9. The standard InChI is InChI=1S/C21H14BrN3O3/c22-15-6-9-17(10-7-15)25-19(27)12-18(26)20(24-25)21(28)23-16-8-5-13-3-1-2-4-14(13)11-16/h1-12,26H,(H,23,28). The van der Waals surface area contributed by atoms with E-state index in [1.54, 1.807) is 30.3 Å². The lowest BCUT2D eigenvalue weighted by Crippen LogP contribution is -2.25. The molecule has 0 aliphatic heterocycles. The second-order valence-corrected chi connectivity index (χ2v) is 7.04. The Morgan fingerprint density at radius 3 is 2.43 bits per heavy atom. The molecule has 0 unspecified atom stereocenters. The van der Waals surface area contributed by atoms with Crippen molar-refractivity contribution in [1.82, 2.24) is 9.78 Å². The molecule has 138 valence electrons. The lowest BCUT2D eigenvalue weighted by atomic mass is 10.1. The highest BCUT2D eigenvalue weighted by Gasteiger charge is 2.17. The Kier molecular flexibility index (Phi) is 4.67. The van der Waals surface area contributed by atoms with Gasteiger partial charge in [-0.25, -0.2) is 0 Å². The molecule has 0 aliphatic carbocycles. The number of aromatic hydroxyl groups is 1. The zero-order chi connectivity index (χ0) is 19.7. The van der Waals surface area contributed by atoms with E-state index in [9.17, 15) is 14.7 Å². The molecule has 1 amide bonds.